The molecule has 1 nitrogen and oxygen atoms in total. The maximum Gasteiger partial charge on any atom is 0.129 e. The van der Waals surface area contributed by atoms with Crippen LogP contribution in [0.2, 0.25) is 0 Å². The molecule has 0 bridgehead atoms. The molecule has 3 heteroatoms. The summed E-state index contributed by atoms with van der Waals surface area (Å²) >= 11 is 0. The number of nitrogens with one attached hydrogen (secondary N) is 1. The normalized spacial score (nSPS) is 12.4. The first kappa shape index (κ1) is 14.7. The van der Waals surface area contributed by atoms with Crippen molar-refractivity contribution in [3.05, 3.63) is 70.8 Å². The molecule has 0 saturated heterocycles. The monoisotopic (exact) mass is 275 g/mol. The van der Waals surface area contributed by atoms with Gasteiger partial charge in [-0.3, -0.25) is 0 Å². The third-order valence-corrected chi connectivity index (χ3v) is 3.63. The Balaban J connectivity index is 2.34. The minimum Gasteiger partial charge on any atom is -0.313 e. The van der Waals surface area contributed by atoms with Gasteiger partial charge in [0, 0.05) is 11.6 Å². The van der Waals surface area contributed by atoms with Crippen molar-refractivity contribution in [2.24, 2.45) is 0 Å². The summed E-state index contributed by atoms with van der Waals surface area (Å²) in [6.07, 6.45) is 1.19. The Morgan fingerprint density at radius 1 is 1.00 bits per heavy atom. The Labute approximate surface area is 118 Å². The average molecular weight is 275 g/mol. The fourth-order valence-electron chi connectivity index (χ4n) is 2.50. The molecule has 0 aromatic heterocycles. The van der Waals surface area contributed by atoms with E-state index >= 15 is 0 Å². The van der Waals surface area contributed by atoms with Crippen molar-refractivity contribution < 1.29 is 8.78 Å². The van der Waals surface area contributed by atoms with Crippen molar-refractivity contribution >= 4 is 0 Å². The molecule has 20 heavy (non-hydrogen) atoms. The molecule has 0 aliphatic carbocycles. The smallest absolute Gasteiger partial charge is 0.129 e. The first-order valence-corrected chi connectivity index (χ1v) is 6.85. The van der Waals surface area contributed by atoms with Gasteiger partial charge in [-0.05, 0) is 43.1 Å². The van der Waals surface area contributed by atoms with Crippen LogP contribution in [-0.4, -0.2) is 7.05 Å². The molecule has 0 heterocycles. The van der Waals surface area contributed by atoms with Gasteiger partial charge in [-0.2, -0.15) is 0 Å². The minimum atomic E-state index is -0.487. The second kappa shape index (κ2) is 6.62. The molecular formula is C17H19F2N. The number of halogens is 2. The van der Waals surface area contributed by atoms with Crippen molar-refractivity contribution in [1.82, 2.24) is 5.32 Å². The van der Waals surface area contributed by atoms with Crippen LogP contribution in [0.1, 0.15) is 29.7 Å². The fraction of sp³-hybridized carbons (Fsp3) is 0.294. The largest absolute Gasteiger partial charge is 0.313 e. The molecule has 2 rings (SSSR count). The Hall–Kier alpha value is -1.74. The van der Waals surface area contributed by atoms with Gasteiger partial charge in [0.05, 0.1) is 0 Å². The predicted octanol–water partition coefficient (Wildman–Crippen LogP) is 4.03. The van der Waals surface area contributed by atoms with Gasteiger partial charge in [0.2, 0.25) is 0 Å². The molecule has 1 unspecified atom stereocenters. The number of aryl methyl sites for hydroxylation is 1. The molecule has 0 aliphatic heterocycles. The highest BCUT2D eigenvalue weighted by atomic mass is 19.1. The molecule has 106 valence electrons. The number of likely N-dealkylation sites (N-methyl/N-ethyl adjacent to an activating group) is 1. The molecule has 0 aliphatic rings. The van der Waals surface area contributed by atoms with E-state index in [1.54, 1.807) is 0 Å². The van der Waals surface area contributed by atoms with Crippen LogP contribution < -0.4 is 5.32 Å². The molecule has 0 amide bonds. The topological polar surface area (TPSA) is 12.0 Å². The summed E-state index contributed by atoms with van der Waals surface area (Å²) in [6.45, 7) is 2.08. The van der Waals surface area contributed by atoms with Crippen LogP contribution in [0.15, 0.2) is 42.5 Å². The van der Waals surface area contributed by atoms with Crippen molar-refractivity contribution in [1.29, 1.82) is 0 Å². The Kier molecular flexibility index (Phi) is 4.85. The van der Waals surface area contributed by atoms with Crippen LogP contribution in [-0.2, 0) is 12.8 Å². The number of hydrogen-bond donors (Lipinski definition) is 1. The minimum absolute atomic E-state index is 0.0995. The van der Waals surface area contributed by atoms with Gasteiger partial charge in [0.1, 0.15) is 11.6 Å². The lowest BCUT2D eigenvalue weighted by Crippen LogP contribution is -2.21. The maximum absolute atomic E-state index is 13.8. The summed E-state index contributed by atoms with van der Waals surface area (Å²) in [4.78, 5) is 0. The van der Waals surface area contributed by atoms with Gasteiger partial charge in [0.15, 0.2) is 0 Å². The fourth-order valence-corrected chi connectivity index (χ4v) is 2.50. The van der Waals surface area contributed by atoms with Gasteiger partial charge >= 0.3 is 0 Å². The van der Waals surface area contributed by atoms with E-state index in [0.29, 0.717) is 6.42 Å². The lowest BCUT2D eigenvalue weighted by Gasteiger charge is -2.20. The summed E-state index contributed by atoms with van der Waals surface area (Å²) < 4.78 is 27.6. The molecule has 0 fully saturated rings. The lowest BCUT2D eigenvalue weighted by atomic mass is 9.93. The molecule has 0 saturated carbocycles. The van der Waals surface area contributed by atoms with E-state index in [1.807, 2.05) is 25.2 Å². The molecular weight excluding hydrogens is 256 g/mol. The van der Waals surface area contributed by atoms with E-state index in [-0.39, 0.29) is 11.6 Å². The van der Waals surface area contributed by atoms with Gasteiger partial charge in [-0.25, -0.2) is 8.78 Å². The van der Waals surface area contributed by atoms with Crippen LogP contribution in [0.3, 0.4) is 0 Å². The summed E-state index contributed by atoms with van der Waals surface area (Å²) in [5.74, 6) is -0.974. The van der Waals surface area contributed by atoms with E-state index in [1.165, 1.54) is 23.8 Å². The van der Waals surface area contributed by atoms with Gasteiger partial charge < -0.3 is 5.32 Å². The van der Waals surface area contributed by atoms with Crippen molar-refractivity contribution in [3.63, 3.8) is 0 Å². The van der Waals surface area contributed by atoms with Gasteiger partial charge in [-0.1, -0.05) is 37.3 Å². The quantitative estimate of drug-likeness (QED) is 0.868. The Bertz CT molecular complexity index is 561. The van der Waals surface area contributed by atoms with Crippen LogP contribution in [0.5, 0.6) is 0 Å². The highest BCUT2D eigenvalue weighted by Gasteiger charge is 2.17. The zero-order chi connectivity index (χ0) is 14.5. The van der Waals surface area contributed by atoms with Crippen molar-refractivity contribution in [3.8, 4) is 0 Å². The standard InChI is InChI=1S/C17H19F2N/c1-3-12-7-4-5-8-13(12)17(20-2)11-14-15(18)9-6-10-16(14)19/h4-10,17,20H,3,11H2,1-2H3. The van der Waals surface area contributed by atoms with E-state index in [0.717, 1.165) is 12.0 Å². The van der Waals surface area contributed by atoms with Gasteiger partial charge in [-0.15, -0.1) is 0 Å². The van der Waals surface area contributed by atoms with Crippen molar-refractivity contribution in [2.45, 2.75) is 25.8 Å². The predicted molar refractivity (Wildman–Crippen MR) is 77.7 cm³/mol. The van der Waals surface area contributed by atoms with Crippen LogP contribution in [0.4, 0.5) is 8.78 Å². The number of benzene rings is 2. The van der Waals surface area contributed by atoms with Crippen molar-refractivity contribution in [2.75, 3.05) is 7.05 Å². The van der Waals surface area contributed by atoms with E-state index in [4.69, 9.17) is 0 Å². The molecule has 0 radical (unpaired) electrons. The second-order valence-corrected chi connectivity index (χ2v) is 4.80. The Morgan fingerprint density at radius 3 is 2.25 bits per heavy atom. The van der Waals surface area contributed by atoms with Crippen LogP contribution in [0.25, 0.3) is 0 Å². The number of rotatable bonds is 5. The third-order valence-electron chi connectivity index (χ3n) is 3.63. The average Bonchev–Trinajstić information content (AvgIpc) is 2.47. The first-order chi connectivity index (χ1) is 9.67. The summed E-state index contributed by atoms with van der Waals surface area (Å²) in [5, 5.41) is 3.16. The zero-order valence-corrected chi connectivity index (χ0v) is 11.8. The highest BCUT2D eigenvalue weighted by molar-refractivity contribution is 5.32. The number of hydrogen-bond acceptors (Lipinski definition) is 1. The van der Waals surface area contributed by atoms with E-state index < -0.39 is 11.6 Å². The Morgan fingerprint density at radius 2 is 1.65 bits per heavy atom. The van der Waals surface area contributed by atoms with Crippen LogP contribution >= 0.6 is 0 Å². The summed E-state index contributed by atoms with van der Waals surface area (Å²) in [6, 6.07) is 11.9. The van der Waals surface area contributed by atoms with Crippen LogP contribution in [0, 0.1) is 11.6 Å². The SMILES string of the molecule is CCc1ccccc1C(Cc1c(F)cccc1F)NC. The molecule has 1 atom stereocenters. The summed E-state index contributed by atoms with van der Waals surface area (Å²) in [7, 11) is 1.82. The maximum atomic E-state index is 13.8. The molecule has 0 spiro atoms. The first-order valence-electron chi connectivity index (χ1n) is 6.85. The zero-order valence-electron chi connectivity index (χ0n) is 11.8. The summed E-state index contributed by atoms with van der Waals surface area (Å²) in [5.41, 5.74) is 2.43. The highest BCUT2D eigenvalue weighted by Crippen LogP contribution is 2.24. The molecule has 2 aromatic rings. The molecule has 2 aromatic carbocycles. The second-order valence-electron chi connectivity index (χ2n) is 4.80. The molecule has 1 N–H and O–H groups in total. The lowest BCUT2D eigenvalue weighted by molar-refractivity contribution is 0.513. The van der Waals surface area contributed by atoms with E-state index in [2.05, 4.69) is 18.3 Å². The van der Waals surface area contributed by atoms with Gasteiger partial charge in [0.25, 0.3) is 0 Å². The third kappa shape index (κ3) is 3.05. The van der Waals surface area contributed by atoms with E-state index in [9.17, 15) is 8.78 Å².